The van der Waals surface area contributed by atoms with E-state index < -0.39 is 0 Å². The van der Waals surface area contributed by atoms with Crippen molar-refractivity contribution in [3.63, 3.8) is 0 Å². The number of thiazole rings is 1. The lowest BCUT2D eigenvalue weighted by Gasteiger charge is -2.32. The molecule has 1 fully saturated rings. The number of nitrogens with zero attached hydrogens (tertiary/aromatic N) is 1. The smallest absolute Gasteiger partial charge is 0.270 e. The molecule has 0 saturated carbocycles. The predicted molar refractivity (Wildman–Crippen MR) is 108 cm³/mol. The van der Waals surface area contributed by atoms with Crippen molar-refractivity contribution in [3.8, 4) is 10.6 Å². The molecule has 1 aliphatic heterocycles. The molecule has 0 spiro atoms. The highest BCUT2D eigenvalue weighted by molar-refractivity contribution is 7.13. The van der Waals surface area contributed by atoms with Gasteiger partial charge in [0.05, 0.1) is 6.10 Å². The van der Waals surface area contributed by atoms with Crippen molar-refractivity contribution in [2.24, 2.45) is 5.92 Å². The molecule has 5 heteroatoms. The van der Waals surface area contributed by atoms with Crippen LogP contribution in [0, 0.1) is 5.92 Å². The molecule has 0 aliphatic carbocycles. The average molecular weight is 378 g/mol. The molecule has 138 valence electrons. The van der Waals surface area contributed by atoms with E-state index in [1.54, 1.807) is 0 Å². The van der Waals surface area contributed by atoms with Gasteiger partial charge in [0.15, 0.2) is 0 Å². The molecule has 2 atom stereocenters. The van der Waals surface area contributed by atoms with E-state index in [9.17, 15) is 4.79 Å². The molecule has 1 N–H and O–H groups in total. The van der Waals surface area contributed by atoms with Crippen LogP contribution in [0.15, 0.2) is 66.0 Å². The lowest BCUT2D eigenvalue weighted by atomic mass is 9.89. The summed E-state index contributed by atoms with van der Waals surface area (Å²) in [6.45, 7) is 1.37. The molecular weight excluding hydrogens is 356 g/mol. The van der Waals surface area contributed by atoms with Crippen LogP contribution in [0.25, 0.3) is 10.6 Å². The number of hydrogen-bond donors (Lipinski definition) is 1. The van der Waals surface area contributed by atoms with Gasteiger partial charge in [-0.2, -0.15) is 0 Å². The minimum atomic E-state index is -0.120. The summed E-state index contributed by atoms with van der Waals surface area (Å²) in [7, 11) is 0. The second-order valence-electron chi connectivity index (χ2n) is 6.72. The SMILES string of the molecule is O=C(NC[C@@H]1CCCO[C@@H]1c1ccccc1)c1csc(-c2ccccc2)n1. The quantitative estimate of drug-likeness (QED) is 0.700. The molecule has 0 bridgehead atoms. The van der Waals surface area contributed by atoms with Crippen LogP contribution in [-0.2, 0) is 4.74 Å². The Hall–Kier alpha value is -2.50. The maximum Gasteiger partial charge on any atom is 0.270 e. The Morgan fingerprint density at radius 2 is 1.85 bits per heavy atom. The van der Waals surface area contributed by atoms with Crippen molar-refractivity contribution in [2.45, 2.75) is 18.9 Å². The van der Waals surface area contributed by atoms with E-state index in [0.29, 0.717) is 12.2 Å². The van der Waals surface area contributed by atoms with Gasteiger partial charge < -0.3 is 10.1 Å². The molecule has 1 aliphatic rings. The first-order valence-electron chi connectivity index (χ1n) is 9.27. The fourth-order valence-corrected chi connectivity index (χ4v) is 4.28. The van der Waals surface area contributed by atoms with Crippen molar-refractivity contribution in [2.75, 3.05) is 13.2 Å². The molecule has 4 rings (SSSR count). The van der Waals surface area contributed by atoms with E-state index >= 15 is 0 Å². The van der Waals surface area contributed by atoms with Gasteiger partial charge in [0.25, 0.3) is 5.91 Å². The fourth-order valence-electron chi connectivity index (χ4n) is 3.47. The first-order chi connectivity index (χ1) is 13.3. The Morgan fingerprint density at radius 1 is 1.11 bits per heavy atom. The van der Waals surface area contributed by atoms with Crippen LogP contribution in [0.3, 0.4) is 0 Å². The summed E-state index contributed by atoms with van der Waals surface area (Å²) in [5.41, 5.74) is 2.69. The van der Waals surface area contributed by atoms with Crippen LogP contribution in [0.1, 0.15) is 35.0 Å². The highest BCUT2D eigenvalue weighted by Crippen LogP contribution is 2.33. The van der Waals surface area contributed by atoms with Crippen LogP contribution in [-0.4, -0.2) is 24.0 Å². The topological polar surface area (TPSA) is 51.2 Å². The highest BCUT2D eigenvalue weighted by atomic mass is 32.1. The summed E-state index contributed by atoms with van der Waals surface area (Å²) in [5, 5.41) is 5.75. The lowest BCUT2D eigenvalue weighted by molar-refractivity contribution is -0.0272. The second-order valence-corrected chi connectivity index (χ2v) is 7.58. The molecule has 4 nitrogen and oxygen atoms in total. The monoisotopic (exact) mass is 378 g/mol. The van der Waals surface area contributed by atoms with Crippen LogP contribution < -0.4 is 5.32 Å². The Balaban J connectivity index is 1.40. The summed E-state index contributed by atoms with van der Waals surface area (Å²) in [4.78, 5) is 17.1. The van der Waals surface area contributed by atoms with Gasteiger partial charge in [-0.1, -0.05) is 60.7 Å². The summed E-state index contributed by atoms with van der Waals surface area (Å²) < 4.78 is 6.01. The molecule has 2 heterocycles. The van der Waals surface area contributed by atoms with Gasteiger partial charge >= 0.3 is 0 Å². The van der Waals surface area contributed by atoms with Crippen LogP contribution in [0.2, 0.25) is 0 Å². The maximum atomic E-state index is 12.6. The number of hydrogen-bond acceptors (Lipinski definition) is 4. The summed E-state index contributed by atoms with van der Waals surface area (Å²) >= 11 is 1.49. The average Bonchev–Trinajstić information content (AvgIpc) is 3.24. The van der Waals surface area contributed by atoms with Gasteiger partial charge in [-0.3, -0.25) is 4.79 Å². The van der Waals surface area contributed by atoms with E-state index in [1.807, 2.05) is 53.9 Å². The van der Waals surface area contributed by atoms with E-state index in [0.717, 1.165) is 30.0 Å². The largest absolute Gasteiger partial charge is 0.373 e. The van der Waals surface area contributed by atoms with Crippen LogP contribution >= 0.6 is 11.3 Å². The summed E-state index contributed by atoms with van der Waals surface area (Å²) in [5.74, 6) is 0.156. The molecule has 2 aromatic carbocycles. The normalized spacial score (nSPS) is 19.6. The van der Waals surface area contributed by atoms with Crippen molar-refractivity contribution in [1.29, 1.82) is 0 Å². The van der Waals surface area contributed by atoms with Gasteiger partial charge in [-0.05, 0) is 18.4 Å². The zero-order chi connectivity index (χ0) is 18.5. The zero-order valence-electron chi connectivity index (χ0n) is 15.0. The van der Waals surface area contributed by atoms with Crippen molar-refractivity contribution < 1.29 is 9.53 Å². The number of ether oxygens (including phenoxy) is 1. The number of amides is 1. The Kier molecular flexibility index (Phi) is 5.61. The number of nitrogens with one attached hydrogen (secondary N) is 1. The number of benzene rings is 2. The Labute approximate surface area is 163 Å². The molecular formula is C22H22N2O2S. The molecule has 1 saturated heterocycles. The number of aromatic nitrogens is 1. The van der Waals surface area contributed by atoms with E-state index in [2.05, 4.69) is 22.4 Å². The Morgan fingerprint density at radius 3 is 2.63 bits per heavy atom. The van der Waals surface area contributed by atoms with Gasteiger partial charge in [-0.25, -0.2) is 4.98 Å². The summed E-state index contributed by atoms with van der Waals surface area (Å²) in [6.07, 6.45) is 2.11. The first-order valence-corrected chi connectivity index (χ1v) is 10.1. The molecule has 1 aromatic heterocycles. The summed E-state index contributed by atoms with van der Waals surface area (Å²) in [6, 6.07) is 20.2. The van der Waals surface area contributed by atoms with Crippen molar-refractivity contribution >= 4 is 17.2 Å². The van der Waals surface area contributed by atoms with Gasteiger partial charge in [0.1, 0.15) is 10.7 Å². The van der Waals surface area contributed by atoms with Crippen LogP contribution in [0.4, 0.5) is 0 Å². The third-order valence-corrected chi connectivity index (χ3v) is 5.75. The van der Waals surface area contributed by atoms with Gasteiger partial charge in [0, 0.05) is 30.0 Å². The van der Waals surface area contributed by atoms with E-state index in [4.69, 9.17) is 4.74 Å². The molecule has 1 amide bonds. The van der Waals surface area contributed by atoms with Crippen molar-refractivity contribution in [3.05, 3.63) is 77.3 Å². The Bertz CT molecular complexity index is 880. The zero-order valence-corrected chi connectivity index (χ0v) is 15.8. The highest BCUT2D eigenvalue weighted by Gasteiger charge is 2.28. The van der Waals surface area contributed by atoms with Crippen LogP contribution in [0.5, 0.6) is 0 Å². The van der Waals surface area contributed by atoms with Gasteiger partial charge in [-0.15, -0.1) is 11.3 Å². The third-order valence-electron chi connectivity index (χ3n) is 4.86. The lowest BCUT2D eigenvalue weighted by Crippen LogP contribution is -2.35. The third kappa shape index (κ3) is 4.26. The number of carbonyl (C=O) groups is 1. The standard InChI is InChI=1S/C22H22N2O2S/c25-21(19-15-27-22(24-19)17-10-5-2-6-11-17)23-14-18-12-7-13-26-20(18)16-8-3-1-4-9-16/h1-6,8-11,15,18,20H,7,12-14H2,(H,23,25)/t18-,20+/m0/s1. The molecule has 27 heavy (non-hydrogen) atoms. The van der Waals surface area contributed by atoms with E-state index in [-0.39, 0.29) is 17.9 Å². The van der Waals surface area contributed by atoms with Crippen molar-refractivity contribution in [1.82, 2.24) is 10.3 Å². The minimum Gasteiger partial charge on any atom is -0.373 e. The molecule has 0 radical (unpaired) electrons. The minimum absolute atomic E-state index is 0.0376. The fraction of sp³-hybridized carbons (Fsp3) is 0.273. The second kappa shape index (κ2) is 8.46. The predicted octanol–water partition coefficient (Wildman–Crippen LogP) is 4.71. The molecule has 0 unspecified atom stereocenters. The van der Waals surface area contributed by atoms with Gasteiger partial charge in [0.2, 0.25) is 0 Å². The molecule has 3 aromatic rings. The van der Waals surface area contributed by atoms with E-state index in [1.165, 1.54) is 16.9 Å². The number of carbonyl (C=O) groups excluding carboxylic acids is 1. The maximum absolute atomic E-state index is 12.6. The number of rotatable bonds is 5. The first kappa shape index (κ1) is 17.9.